The largest absolute Gasteiger partial charge is 0.496 e. The molecule has 2 aromatic rings. The lowest BCUT2D eigenvalue weighted by molar-refractivity contribution is -0.148. The Morgan fingerprint density at radius 3 is 2.47 bits per heavy atom. The monoisotopic (exact) mass is 414 g/mol. The number of hydrogen-bond donors (Lipinski definition) is 1. The van der Waals surface area contributed by atoms with Crippen LogP contribution in [-0.2, 0) is 9.53 Å². The van der Waals surface area contributed by atoms with Crippen LogP contribution in [-0.4, -0.2) is 49.5 Å². The van der Waals surface area contributed by atoms with Crippen molar-refractivity contribution in [3.05, 3.63) is 59.9 Å². The van der Waals surface area contributed by atoms with E-state index in [0.717, 1.165) is 6.07 Å². The third kappa shape index (κ3) is 5.34. The number of nitrogens with zero attached hydrogens (tertiary/aromatic N) is 1. The zero-order valence-electron chi connectivity index (χ0n) is 16.6. The van der Waals surface area contributed by atoms with E-state index in [-0.39, 0.29) is 17.3 Å². The normalized spacial score (nSPS) is 14.1. The van der Waals surface area contributed by atoms with Crippen molar-refractivity contribution < 1.29 is 28.2 Å². The number of esters is 1. The van der Waals surface area contributed by atoms with Crippen LogP contribution in [0.3, 0.4) is 0 Å². The lowest BCUT2D eigenvalue weighted by Crippen LogP contribution is -2.42. The van der Waals surface area contributed by atoms with Crippen LogP contribution in [0.2, 0.25) is 0 Å². The summed E-state index contributed by atoms with van der Waals surface area (Å²) in [4.78, 5) is 38.6. The van der Waals surface area contributed by atoms with Gasteiger partial charge in [0.25, 0.3) is 0 Å². The van der Waals surface area contributed by atoms with Crippen molar-refractivity contribution in [1.82, 2.24) is 4.90 Å². The predicted octanol–water partition coefficient (Wildman–Crippen LogP) is 3.50. The van der Waals surface area contributed by atoms with Crippen molar-refractivity contribution in [2.45, 2.75) is 12.8 Å². The van der Waals surface area contributed by atoms with Gasteiger partial charge in [0.2, 0.25) is 5.78 Å². The van der Waals surface area contributed by atoms with Crippen LogP contribution < -0.4 is 10.1 Å². The Kier molecular flexibility index (Phi) is 7.00. The number of carbonyl (C=O) groups excluding carboxylic acids is 3. The molecule has 8 heteroatoms. The molecular weight excluding hydrogens is 391 g/mol. The number of methoxy groups -OCH3 is 1. The number of ketones is 1. The summed E-state index contributed by atoms with van der Waals surface area (Å²) in [5, 5.41) is 2.81. The molecule has 1 N–H and O–H groups in total. The van der Waals surface area contributed by atoms with E-state index in [1.165, 1.54) is 19.2 Å². The zero-order chi connectivity index (χ0) is 21.5. The maximum Gasteiger partial charge on any atom is 0.321 e. The number of para-hydroxylation sites is 1. The van der Waals surface area contributed by atoms with Gasteiger partial charge in [-0.1, -0.05) is 18.2 Å². The standard InChI is InChI=1S/C22H23FN2O5/c1-29-20-8-7-16(23)13-18(20)19(26)14-30-21(27)15-9-11-25(12-10-15)22(28)24-17-5-3-2-4-6-17/h2-8,13,15H,9-12,14H2,1H3,(H,24,28). The average molecular weight is 414 g/mol. The molecule has 3 rings (SSSR count). The van der Waals surface area contributed by atoms with Gasteiger partial charge in [-0.05, 0) is 43.2 Å². The van der Waals surface area contributed by atoms with Crippen LogP contribution >= 0.6 is 0 Å². The van der Waals surface area contributed by atoms with Gasteiger partial charge >= 0.3 is 12.0 Å². The average Bonchev–Trinajstić information content (AvgIpc) is 2.78. The summed E-state index contributed by atoms with van der Waals surface area (Å²) in [7, 11) is 1.37. The first-order valence-corrected chi connectivity index (χ1v) is 9.62. The van der Waals surface area contributed by atoms with Crippen LogP contribution in [0, 0.1) is 11.7 Å². The number of halogens is 1. The molecule has 0 saturated carbocycles. The Bertz CT molecular complexity index is 911. The highest BCUT2D eigenvalue weighted by atomic mass is 19.1. The molecule has 0 radical (unpaired) electrons. The highest BCUT2D eigenvalue weighted by molar-refractivity contribution is 6.00. The minimum Gasteiger partial charge on any atom is -0.496 e. The first-order chi connectivity index (χ1) is 14.5. The fraction of sp³-hybridized carbons (Fsp3) is 0.318. The van der Waals surface area contributed by atoms with Crippen LogP contribution in [0.15, 0.2) is 48.5 Å². The van der Waals surface area contributed by atoms with Gasteiger partial charge < -0.3 is 19.7 Å². The second-order valence-electron chi connectivity index (χ2n) is 6.93. The summed E-state index contributed by atoms with van der Waals surface area (Å²) in [6, 6.07) is 12.5. The fourth-order valence-electron chi connectivity index (χ4n) is 3.27. The SMILES string of the molecule is COc1ccc(F)cc1C(=O)COC(=O)C1CCN(C(=O)Nc2ccccc2)CC1. The molecule has 0 bridgehead atoms. The number of likely N-dealkylation sites (tertiary alicyclic amines) is 1. The van der Waals surface area contributed by atoms with Crippen LogP contribution in [0.5, 0.6) is 5.75 Å². The van der Waals surface area contributed by atoms with E-state index in [4.69, 9.17) is 9.47 Å². The smallest absolute Gasteiger partial charge is 0.321 e. The van der Waals surface area contributed by atoms with Gasteiger partial charge in [-0.25, -0.2) is 9.18 Å². The van der Waals surface area contributed by atoms with Gasteiger partial charge in [-0.2, -0.15) is 0 Å². The van der Waals surface area contributed by atoms with Crippen LogP contribution in [0.1, 0.15) is 23.2 Å². The minimum absolute atomic E-state index is 0.0257. The maximum absolute atomic E-state index is 13.4. The molecule has 0 unspecified atom stereocenters. The van der Waals surface area contributed by atoms with Crippen molar-refractivity contribution >= 4 is 23.5 Å². The Hall–Kier alpha value is -3.42. The number of piperidine rings is 1. The number of anilines is 1. The summed E-state index contributed by atoms with van der Waals surface area (Å²) < 4.78 is 23.6. The second kappa shape index (κ2) is 9.87. The molecule has 158 valence electrons. The van der Waals surface area contributed by atoms with E-state index >= 15 is 0 Å². The molecule has 2 aromatic carbocycles. The summed E-state index contributed by atoms with van der Waals surface area (Å²) in [6.07, 6.45) is 0.886. The number of benzene rings is 2. The molecule has 1 heterocycles. The van der Waals surface area contributed by atoms with Gasteiger partial charge in [-0.15, -0.1) is 0 Å². The van der Waals surface area contributed by atoms with E-state index in [1.54, 1.807) is 17.0 Å². The summed E-state index contributed by atoms with van der Waals surface area (Å²) >= 11 is 0. The third-order valence-electron chi connectivity index (χ3n) is 4.95. The van der Waals surface area contributed by atoms with E-state index in [2.05, 4.69) is 5.32 Å². The Morgan fingerprint density at radius 1 is 1.10 bits per heavy atom. The Morgan fingerprint density at radius 2 is 1.80 bits per heavy atom. The van der Waals surface area contributed by atoms with Crippen molar-refractivity contribution in [2.75, 3.05) is 32.1 Å². The first-order valence-electron chi connectivity index (χ1n) is 9.62. The molecule has 0 aliphatic carbocycles. The number of urea groups is 1. The Labute approximate surface area is 173 Å². The molecule has 1 aliphatic rings. The molecule has 1 saturated heterocycles. The molecule has 0 atom stereocenters. The molecule has 2 amide bonds. The van der Waals surface area contributed by atoms with Crippen LogP contribution in [0.25, 0.3) is 0 Å². The highest BCUT2D eigenvalue weighted by Gasteiger charge is 2.29. The highest BCUT2D eigenvalue weighted by Crippen LogP contribution is 2.22. The summed E-state index contributed by atoms with van der Waals surface area (Å²) in [5.74, 6) is -1.80. The number of hydrogen-bond acceptors (Lipinski definition) is 5. The molecule has 1 fully saturated rings. The van der Waals surface area contributed by atoms with E-state index in [9.17, 15) is 18.8 Å². The maximum atomic E-state index is 13.4. The van der Waals surface area contributed by atoms with E-state index in [0.29, 0.717) is 31.6 Å². The lowest BCUT2D eigenvalue weighted by atomic mass is 9.97. The van der Waals surface area contributed by atoms with Gasteiger partial charge in [0.05, 0.1) is 18.6 Å². The summed E-state index contributed by atoms with van der Waals surface area (Å²) in [5.41, 5.74) is 0.730. The minimum atomic E-state index is -0.577. The second-order valence-corrected chi connectivity index (χ2v) is 6.93. The quantitative estimate of drug-likeness (QED) is 0.578. The topological polar surface area (TPSA) is 84.9 Å². The van der Waals surface area contributed by atoms with Gasteiger partial charge in [0.1, 0.15) is 11.6 Å². The molecule has 30 heavy (non-hydrogen) atoms. The van der Waals surface area contributed by atoms with Gasteiger partial charge in [-0.3, -0.25) is 9.59 Å². The van der Waals surface area contributed by atoms with Gasteiger partial charge in [0.15, 0.2) is 6.61 Å². The number of Topliss-reactive ketones (excluding diaryl/α,β-unsaturated/α-hetero) is 1. The van der Waals surface area contributed by atoms with Crippen molar-refractivity contribution in [3.8, 4) is 5.75 Å². The molecule has 1 aliphatic heterocycles. The molecule has 0 aromatic heterocycles. The van der Waals surface area contributed by atoms with Gasteiger partial charge in [0, 0.05) is 18.8 Å². The first kappa shape index (κ1) is 21.3. The fourth-order valence-corrected chi connectivity index (χ4v) is 3.27. The molecule has 0 spiro atoms. The lowest BCUT2D eigenvalue weighted by Gasteiger charge is -2.30. The Balaban J connectivity index is 1.47. The van der Waals surface area contributed by atoms with Crippen molar-refractivity contribution in [3.63, 3.8) is 0 Å². The molecule has 7 nitrogen and oxygen atoms in total. The number of nitrogens with one attached hydrogen (secondary N) is 1. The number of rotatable bonds is 6. The van der Waals surface area contributed by atoms with Crippen LogP contribution in [0.4, 0.5) is 14.9 Å². The summed E-state index contributed by atoms with van der Waals surface area (Å²) in [6.45, 7) is 0.321. The number of carbonyl (C=O) groups is 3. The third-order valence-corrected chi connectivity index (χ3v) is 4.95. The number of amides is 2. The van der Waals surface area contributed by atoms with Crippen molar-refractivity contribution in [2.24, 2.45) is 5.92 Å². The predicted molar refractivity (Wildman–Crippen MR) is 108 cm³/mol. The zero-order valence-corrected chi connectivity index (χ0v) is 16.6. The van der Waals surface area contributed by atoms with E-state index in [1.807, 2.05) is 18.2 Å². The molecular formula is C22H23FN2O5. The van der Waals surface area contributed by atoms with E-state index < -0.39 is 30.1 Å². The number of ether oxygens (including phenoxy) is 2. The van der Waals surface area contributed by atoms with Crippen molar-refractivity contribution in [1.29, 1.82) is 0 Å².